The smallest absolute Gasteiger partial charge is 2.00 e. The van der Waals surface area contributed by atoms with E-state index in [-0.39, 0.29) is 308 Å². The number of hydrogen-bond donors (Lipinski definition) is 0. The van der Waals surface area contributed by atoms with Crippen LogP contribution in [0.1, 0.15) is 0 Å². The monoisotopic (exact) mass is 1020 g/mol. The van der Waals surface area contributed by atoms with E-state index in [1.165, 1.54) is 0 Å². The number of rotatable bonds is 0. The molecule has 0 aliphatic rings. The maximum Gasteiger partial charge on any atom is 3.00 e. The maximum absolute atomic E-state index is 0. The van der Waals surface area contributed by atoms with Crippen LogP contribution in [-0.2, 0) is 60.2 Å². The van der Waals surface area contributed by atoms with Crippen molar-refractivity contribution in [2.45, 2.75) is 0 Å². The molecule has 0 fully saturated rings. The largest absolute Gasteiger partial charge is 3.00 e. The fourth-order valence-electron chi connectivity index (χ4n) is 0. The van der Waals surface area contributed by atoms with E-state index in [1.807, 2.05) is 0 Å². The van der Waals surface area contributed by atoms with Crippen LogP contribution in [0.3, 0.4) is 0 Å². The summed E-state index contributed by atoms with van der Waals surface area (Å²) in [7, 11) is 0. The average Bonchev–Trinajstić information content (AvgIpc) is 0. The molecule has 0 aromatic rings. The fraction of sp³-hybridized carbons (Fsp3) is 0. The molecule has 0 heterocycles. The van der Waals surface area contributed by atoms with Crippen LogP contribution in [0, 0.1) is 248 Å². The molecule has 0 aliphatic carbocycles. The number of hydrogen-bond acceptors (Lipinski definition) is 0. The van der Waals surface area contributed by atoms with Crippen LogP contribution in [-0.4, -0.2) is 0 Å². The van der Waals surface area contributed by atoms with Gasteiger partial charge in [0.1, 0.15) is 0 Å². The summed E-state index contributed by atoms with van der Waals surface area (Å²) in [6.45, 7) is 0. The molecule has 0 saturated carbocycles. The summed E-state index contributed by atoms with van der Waals surface area (Å²) in [5.74, 6) is 0. The second-order valence-electron chi connectivity index (χ2n) is 0. The summed E-state index contributed by atoms with van der Waals surface area (Å²) >= 11 is 0. The van der Waals surface area contributed by atoms with Crippen molar-refractivity contribution in [3.8, 4) is 0 Å². The van der Waals surface area contributed by atoms with E-state index in [9.17, 15) is 0 Å². The van der Waals surface area contributed by atoms with Crippen LogP contribution in [0.25, 0.3) is 0 Å². The minimum atomic E-state index is 0. The van der Waals surface area contributed by atoms with Crippen LogP contribution in [0.2, 0.25) is 0 Å². The molecule has 0 bridgehead atoms. The summed E-state index contributed by atoms with van der Waals surface area (Å²) in [6, 6.07) is 0. The Balaban J connectivity index is 0. The molecule has 0 N–H and O–H groups in total. The predicted molar refractivity (Wildman–Crippen MR) is 7.55 cm³/mol. The van der Waals surface area contributed by atoms with Gasteiger partial charge in [-0.1, -0.05) is 0 Å². The molecule has 0 atom stereocenters. The standard InChI is InChI=1S/11O.6Pr/q11*-2;;;;;2*+3. The summed E-state index contributed by atoms with van der Waals surface area (Å²) in [5.41, 5.74) is 0. The van der Waals surface area contributed by atoms with Gasteiger partial charge in [-0.05, 0) is 0 Å². The Hall–Kier alpha value is 7.74. The van der Waals surface area contributed by atoms with Gasteiger partial charge in [-0.25, -0.2) is 0 Å². The van der Waals surface area contributed by atoms with Gasteiger partial charge in [0, 0.05) is 165 Å². The minimum absolute atomic E-state index is 0. The van der Waals surface area contributed by atoms with E-state index in [4.69, 9.17) is 0 Å². The summed E-state index contributed by atoms with van der Waals surface area (Å²) in [5, 5.41) is 0. The molecule has 0 spiro atoms. The molecule has 0 rings (SSSR count). The third-order valence-corrected chi connectivity index (χ3v) is 0. The van der Waals surface area contributed by atoms with Gasteiger partial charge in [0.05, 0.1) is 0 Å². The molecular weight excluding hydrogens is 1020 g/mol. The predicted octanol–water partition coefficient (Wildman–Crippen LogP) is -1.31. The molecule has 0 amide bonds. The topological polar surface area (TPSA) is 314 Å². The van der Waals surface area contributed by atoms with Crippen molar-refractivity contribution in [2.24, 2.45) is 0 Å². The van der Waals surface area contributed by atoms with Gasteiger partial charge >= 0.3 is 82.6 Å². The van der Waals surface area contributed by atoms with Crippen molar-refractivity contribution in [3.05, 3.63) is 0 Å². The molecule has 17 heteroatoms. The second-order valence-corrected chi connectivity index (χ2v) is 0. The van der Waals surface area contributed by atoms with Crippen LogP contribution < -0.4 is 0 Å². The van der Waals surface area contributed by atoms with Gasteiger partial charge in [-0.2, -0.15) is 0 Å². The van der Waals surface area contributed by atoms with Gasteiger partial charge in [0.15, 0.2) is 0 Å². The van der Waals surface area contributed by atoms with Crippen molar-refractivity contribution in [1.29, 1.82) is 0 Å². The maximum atomic E-state index is 0. The Morgan fingerprint density at radius 3 is 0.176 bits per heavy atom. The van der Waals surface area contributed by atoms with Crippen LogP contribution in [0.4, 0.5) is 0 Å². The first-order valence-electron chi connectivity index (χ1n) is 0. The molecule has 0 aromatic heterocycles. The third kappa shape index (κ3) is 187. The van der Waals surface area contributed by atoms with Crippen LogP contribution in [0.5, 0.6) is 0 Å². The van der Waals surface area contributed by atoms with E-state index in [2.05, 4.69) is 0 Å². The molecule has 17 heavy (non-hydrogen) atoms. The molecule has 11 nitrogen and oxygen atoms in total. The van der Waals surface area contributed by atoms with Crippen molar-refractivity contribution in [3.63, 3.8) is 0 Å². The van der Waals surface area contributed by atoms with E-state index in [0.29, 0.717) is 0 Å². The SMILES string of the molecule is [O-2].[O-2].[O-2].[O-2].[O-2].[O-2].[O-2].[O-2].[O-2].[O-2].[O-2].[Pr+3].[Pr+3].[Pr].[Pr].[Pr].[Pr]. The minimum Gasteiger partial charge on any atom is -2.00 e. The molecule has 0 saturated heterocycles. The van der Waals surface area contributed by atoms with Gasteiger partial charge in [0.25, 0.3) is 0 Å². The van der Waals surface area contributed by atoms with E-state index >= 15 is 0 Å². The first-order valence-corrected chi connectivity index (χ1v) is 0. The Morgan fingerprint density at radius 1 is 0.176 bits per heavy atom. The van der Waals surface area contributed by atoms with Crippen LogP contribution in [0.15, 0.2) is 0 Å². The van der Waals surface area contributed by atoms with Gasteiger partial charge < -0.3 is 60.2 Å². The van der Waals surface area contributed by atoms with Gasteiger partial charge in [0.2, 0.25) is 0 Å². The fourth-order valence-corrected chi connectivity index (χ4v) is 0. The first-order chi connectivity index (χ1) is 0. The zero-order valence-corrected chi connectivity index (χ0v) is 30.2. The van der Waals surface area contributed by atoms with Crippen molar-refractivity contribution in [1.82, 2.24) is 0 Å². The Kier molecular flexibility index (Phi) is 2800. The van der Waals surface area contributed by atoms with E-state index in [0.717, 1.165) is 0 Å². The summed E-state index contributed by atoms with van der Waals surface area (Å²) in [6.07, 6.45) is 0. The zero-order chi connectivity index (χ0) is 0. The van der Waals surface area contributed by atoms with Gasteiger partial charge in [-0.15, -0.1) is 0 Å². The Bertz CT molecular complexity index is 15.9. The third-order valence-electron chi connectivity index (χ3n) is 0. The molecule has 0 aromatic carbocycles. The molecule has 4 radical (unpaired) electrons. The second kappa shape index (κ2) is 205. The normalized spacial score (nSPS) is 0. The van der Waals surface area contributed by atoms with E-state index in [1.54, 1.807) is 0 Å². The van der Waals surface area contributed by atoms with Crippen molar-refractivity contribution in [2.75, 3.05) is 0 Å². The van der Waals surface area contributed by atoms with Crippen molar-refractivity contribution < 1.29 is 308 Å². The Morgan fingerprint density at radius 2 is 0.176 bits per heavy atom. The summed E-state index contributed by atoms with van der Waals surface area (Å²) < 4.78 is 0. The Labute approximate surface area is 298 Å². The van der Waals surface area contributed by atoms with Crippen LogP contribution >= 0.6 is 0 Å². The average molecular weight is 1020 g/mol. The molecular formula is O11Pr6-16. The van der Waals surface area contributed by atoms with Gasteiger partial charge in [-0.3, -0.25) is 0 Å². The summed E-state index contributed by atoms with van der Waals surface area (Å²) in [4.78, 5) is 0. The first kappa shape index (κ1) is 233. The quantitative estimate of drug-likeness (QED) is 0.273. The van der Waals surface area contributed by atoms with Crippen molar-refractivity contribution >= 4 is 0 Å². The molecule has 0 aliphatic heterocycles. The van der Waals surface area contributed by atoms with E-state index < -0.39 is 0 Å². The zero-order valence-electron chi connectivity index (χ0n) is 7.95. The molecule has 0 unspecified atom stereocenters. The molecule has 100 valence electrons.